The number of aromatic nitrogens is 1. The van der Waals surface area contributed by atoms with E-state index in [9.17, 15) is 14.0 Å². The first-order chi connectivity index (χ1) is 13.5. The Morgan fingerprint density at radius 3 is 2.93 bits per heavy atom. The van der Waals surface area contributed by atoms with E-state index in [1.807, 2.05) is 6.07 Å². The molecule has 0 saturated carbocycles. The van der Waals surface area contributed by atoms with Crippen molar-refractivity contribution in [3.05, 3.63) is 47.5 Å². The largest absolute Gasteiger partial charge is 0.466 e. The van der Waals surface area contributed by atoms with Gasteiger partial charge in [0.25, 0.3) is 0 Å². The monoisotopic (exact) mass is 382 g/mol. The number of nitriles is 1. The van der Waals surface area contributed by atoms with Crippen molar-refractivity contribution >= 4 is 12.0 Å². The van der Waals surface area contributed by atoms with Gasteiger partial charge >= 0.3 is 6.09 Å². The van der Waals surface area contributed by atoms with Crippen molar-refractivity contribution in [1.82, 2.24) is 15.2 Å². The Labute approximate surface area is 159 Å². The highest BCUT2D eigenvalue weighted by atomic mass is 19.1. The Kier molecular flexibility index (Phi) is 4.31. The molecule has 0 spiro atoms. The predicted octanol–water partition coefficient (Wildman–Crippen LogP) is 1.93. The molecule has 1 aromatic carbocycles. The highest BCUT2D eigenvalue weighted by Crippen LogP contribution is 2.37. The van der Waals surface area contributed by atoms with Gasteiger partial charge in [0.15, 0.2) is 6.10 Å². The minimum Gasteiger partial charge on any atom is -0.466 e. The molecule has 3 heterocycles. The first kappa shape index (κ1) is 17.7. The van der Waals surface area contributed by atoms with Gasteiger partial charge in [-0.3, -0.25) is 9.69 Å². The molecule has 1 saturated heterocycles. The average molecular weight is 382 g/mol. The fraction of sp³-hybridized carbons (Fsp3) is 0.263. The third-order valence-corrected chi connectivity index (χ3v) is 4.59. The average Bonchev–Trinajstić information content (AvgIpc) is 2.99. The highest BCUT2D eigenvalue weighted by Gasteiger charge is 2.46. The number of cyclic esters (lactones) is 1. The van der Waals surface area contributed by atoms with Gasteiger partial charge in [-0.25, -0.2) is 14.2 Å². The lowest BCUT2D eigenvalue weighted by Gasteiger charge is -2.31. The van der Waals surface area contributed by atoms with Gasteiger partial charge in [0.1, 0.15) is 23.3 Å². The summed E-state index contributed by atoms with van der Waals surface area (Å²) in [5.41, 5.74) is 1.51. The summed E-state index contributed by atoms with van der Waals surface area (Å²) < 4.78 is 25.8. The van der Waals surface area contributed by atoms with Gasteiger partial charge in [0, 0.05) is 29.8 Å². The summed E-state index contributed by atoms with van der Waals surface area (Å²) in [6, 6.07) is 7.88. The second kappa shape index (κ2) is 6.81. The summed E-state index contributed by atoms with van der Waals surface area (Å²) in [7, 11) is 0. The number of nitrogens with zero attached hydrogens (tertiary/aromatic N) is 3. The lowest BCUT2D eigenvalue weighted by atomic mass is 10.0. The second-order valence-electron chi connectivity index (χ2n) is 6.48. The number of amides is 2. The van der Waals surface area contributed by atoms with E-state index in [1.165, 1.54) is 30.2 Å². The van der Waals surface area contributed by atoms with Crippen molar-refractivity contribution in [3.63, 3.8) is 0 Å². The van der Waals surface area contributed by atoms with E-state index in [1.54, 1.807) is 12.1 Å². The molecule has 0 unspecified atom stereocenters. The second-order valence-corrected chi connectivity index (χ2v) is 6.48. The number of pyridine rings is 1. The fourth-order valence-corrected chi connectivity index (χ4v) is 3.22. The number of benzene rings is 1. The number of carbonyl (C=O) groups excluding carboxylic acids is 2. The maximum Gasteiger partial charge on any atom is 0.413 e. The van der Waals surface area contributed by atoms with Crippen LogP contribution in [0.15, 0.2) is 30.5 Å². The van der Waals surface area contributed by atoms with Crippen molar-refractivity contribution in [3.8, 4) is 22.9 Å². The Morgan fingerprint density at radius 1 is 1.43 bits per heavy atom. The standard InChI is InChI=1S/C19H15FN4O4/c1-10(25)22-8-17-18-24(19(26)28-17)9-12-4-15(20)14(5-16(12)27-18)11-2-3-13(6-21)23-7-11/h2-5,7,17-18H,8-9H2,1H3,(H,22,25)/t17-,18-/m0/s1. The van der Waals surface area contributed by atoms with Crippen LogP contribution in [0.1, 0.15) is 18.2 Å². The molecular formula is C19H15FN4O4. The summed E-state index contributed by atoms with van der Waals surface area (Å²) in [6.07, 6.45) is -0.550. The Morgan fingerprint density at radius 2 is 2.25 bits per heavy atom. The van der Waals surface area contributed by atoms with Gasteiger partial charge in [0.2, 0.25) is 12.1 Å². The molecule has 0 bridgehead atoms. The summed E-state index contributed by atoms with van der Waals surface area (Å²) in [4.78, 5) is 28.6. The first-order valence-corrected chi connectivity index (χ1v) is 8.53. The molecular weight excluding hydrogens is 367 g/mol. The number of rotatable bonds is 3. The van der Waals surface area contributed by atoms with Crippen LogP contribution in [0.4, 0.5) is 9.18 Å². The maximum absolute atomic E-state index is 14.6. The number of fused-ring (bicyclic) bond motifs is 2. The molecule has 1 fully saturated rings. The van der Waals surface area contributed by atoms with Crippen LogP contribution in [-0.4, -0.2) is 40.8 Å². The van der Waals surface area contributed by atoms with E-state index in [2.05, 4.69) is 10.3 Å². The van der Waals surface area contributed by atoms with Crippen molar-refractivity contribution in [2.45, 2.75) is 25.8 Å². The van der Waals surface area contributed by atoms with Crippen LogP contribution in [0, 0.1) is 17.1 Å². The van der Waals surface area contributed by atoms with E-state index < -0.39 is 24.2 Å². The van der Waals surface area contributed by atoms with Crippen LogP contribution in [0.2, 0.25) is 0 Å². The molecule has 4 rings (SSSR count). The third kappa shape index (κ3) is 3.09. The molecule has 9 heteroatoms. The topological polar surface area (TPSA) is 105 Å². The molecule has 0 radical (unpaired) electrons. The number of halogens is 1. The first-order valence-electron chi connectivity index (χ1n) is 8.53. The molecule has 2 atom stereocenters. The summed E-state index contributed by atoms with van der Waals surface area (Å²) in [5.74, 6) is -0.314. The summed E-state index contributed by atoms with van der Waals surface area (Å²) in [6.45, 7) is 1.62. The Bertz CT molecular complexity index is 1000. The molecule has 2 aliphatic heterocycles. The minimum atomic E-state index is -0.718. The van der Waals surface area contributed by atoms with Gasteiger partial charge in [-0.2, -0.15) is 5.26 Å². The van der Waals surface area contributed by atoms with Gasteiger partial charge in [-0.1, -0.05) is 0 Å². The Balaban J connectivity index is 1.64. The molecule has 1 N–H and O–H groups in total. The van der Waals surface area contributed by atoms with Crippen molar-refractivity contribution < 1.29 is 23.5 Å². The summed E-state index contributed by atoms with van der Waals surface area (Å²) in [5, 5.41) is 11.5. The van der Waals surface area contributed by atoms with Gasteiger partial charge < -0.3 is 14.8 Å². The number of carbonyl (C=O) groups is 2. The van der Waals surface area contributed by atoms with Crippen molar-refractivity contribution in [1.29, 1.82) is 5.26 Å². The molecule has 1 aromatic heterocycles. The quantitative estimate of drug-likeness (QED) is 0.870. The zero-order chi connectivity index (χ0) is 19.8. The zero-order valence-corrected chi connectivity index (χ0v) is 14.8. The lowest BCUT2D eigenvalue weighted by Crippen LogP contribution is -2.47. The smallest absolute Gasteiger partial charge is 0.413 e. The Hall–Kier alpha value is -3.67. The normalized spacial score (nSPS) is 19.8. The van der Waals surface area contributed by atoms with Crippen molar-refractivity contribution in [2.24, 2.45) is 0 Å². The van der Waals surface area contributed by atoms with Crippen LogP contribution in [-0.2, 0) is 16.1 Å². The molecule has 142 valence electrons. The van der Waals surface area contributed by atoms with E-state index in [-0.39, 0.29) is 30.3 Å². The molecule has 2 aliphatic rings. The van der Waals surface area contributed by atoms with Gasteiger partial charge in [-0.05, 0) is 24.3 Å². The fourth-order valence-electron chi connectivity index (χ4n) is 3.22. The van der Waals surface area contributed by atoms with E-state index in [4.69, 9.17) is 14.7 Å². The van der Waals surface area contributed by atoms with Crippen LogP contribution in [0.5, 0.6) is 5.75 Å². The molecule has 0 aliphatic carbocycles. The van der Waals surface area contributed by atoms with Crippen LogP contribution in [0.3, 0.4) is 0 Å². The van der Waals surface area contributed by atoms with E-state index >= 15 is 0 Å². The van der Waals surface area contributed by atoms with Gasteiger partial charge in [-0.15, -0.1) is 0 Å². The number of ether oxygens (including phenoxy) is 2. The lowest BCUT2D eigenvalue weighted by molar-refractivity contribution is -0.119. The van der Waals surface area contributed by atoms with Crippen LogP contribution >= 0.6 is 0 Å². The molecule has 2 amide bonds. The number of hydrogen-bond donors (Lipinski definition) is 1. The molecule has 8 nitrogen and oxygen atoms in total. The van der Waals surface area contributed by atoms with Crippen molar-refractivity contribution in [2.75, 3.05) is 6.54 Å². The molecule has 28 heavy (non-hydrogen) atoms. The highest BCUT2D eigenvalue weighted by molar-refractivity contribution is 5.74. The van der Waals surface area contributed by atoms with E-state index in [0.29, 0.717) is 16.9 Å². The number of nitrogens with one attached hydrogen (secondary N) is 1. The summed E-state index contributed by atoms with van der Waals surface area (Å²) >= 11 is 0. The van der Waals surface area contributed by atoms with E-state index in [0.717, 1.165) is 0 Å². The van der Waals surface area contributed by atoms with Crippen LogP contribution < -0.4 is 10.1 Å². The maximum atomic E-state index is 14.6. The number of hydrogen-bond acceptors (Lipinski definition) is 6. The molecule has 2 aromatic rings. The minimum absolute atomic E-state index is 0.116. The third-order valence-electron chi connectivity index (χ3n) is 4.59. The SMILES string of the molecule is CC(=O)NC[C@@H]1OC(=O)N2Cc3cc(F)c(-c4ccc(C#N)nc4)cc3O[C@@H]12. The zero-order valence-electron chi connectivity index (χ0n) is 14.8. The van der Waals surface area contributed by atoms with Gasteiger partial charge in [0.05, 0.1) is 13.1 Å². The predicted molar refractivity (Wildman–Crippen MR) is 93.3 cm³/mol. The van der Waals surface area contributed by atoms with Crippen LogP contribution in [0.25, 0.3) is 11.1 Å².